The molecular formula is C62H59N4OPt-3. The number of fused-ring (bicyclic) bond motifs is 4. The second-order valence-corrected chi connectivity index (χ2v) is 21.0. The zero-order valence-electron chi connectivity index (χ0n) is 40.6. The van der Waals surface area contributed by atoms with Crippen molar-refractivity contribution in [3.63, 3.8) is 0 Å². The van der Waals surface area contributed by atoms with Crippen LogP contribution in [0.2, 0.25) is 0 Å². The molecule has 1 aliphatic rings. The minimum atomic E-state index is -0.0522. The van der Waals surface area contributed by atoms with E-state index in [1.165, 1.54) is 38.9 Å². The summed E-state index contributed by atoms with van der Waals surface area (Å²) in [6, 6.07) is 63.7. The quantitative estimate of drug-likeness (QED) is 0.135. The van der Waals surface area contributed by atoms with E-state index in [0.717, 1.165) is 63.2 Å². The molecule has 0 amide bonds. The first-order valence-corrected chi connectivity index (χ1v) is 23.6. The molecule has 6 heteroatoms. The molecule has 0 spiro atoms. The number of hydrogen-bond donors (Lipinski definition) is 0. The summed E-state index contributed by atoms with van der Waals surface area (Å²) in [6.07, 6.45) is 2.81. The van der Waals surface area contributed by atoms with Gasteiger partial charge in [0.25, 0.3) is 0 Å². The van der Waals surface area contributed by atoms with Gasteiger partial charge in [-0.3, -0.25) is 0 Å². The molecule has 0 saturated carbocycles. The Morgan fingerprint density at radius 3 is 2.01 bits per heavy atom. The largest absolute Gasteiger partial charge is 0.509 e. The number of para-hydroxylation sites is 3. The molecule has 0 atom stereocenters. The Morgan fingerprint density at radius 2 is 1.25 bits per heavy atom. The van der Waals surface area contributed by atoms with Gasteiger partial charge in [0.05, 0.1) is 0 Å². The predicted octanol–water partition coefficient (Wildman–Crippen LogP) is 16.1. The minimum absolute atomic E-state index is 0. The van der Waals surface area contributed by atoms with Crippen molar-refractivity contribution in [2.24, 2.45) is 0 Å². The van der Waals surface area contributed by atoms with Crippen LogP contribution in [-0.4, -0.2) is 16.1 Å². The molecule has 3 heterocycles. The van der Waals surface area contributed by atoms with E-state index in [4.69, 9.17) is 9.72 Å². The van der Waals surface area contributed by atoms with Gasteiger partial charge in [0.2, 0.25) is 0 Å². The minimum Gasteiger partial charge on any atom is -0.509 e. The van der Waals surface area contributed by atoms with Crippen LogP contribution < -0.4 is 14.5 Å². The Balaban J connectivity index is 0.00000578. The van der Waals surface area contributed by atoms with E-state index in [0.29, 0.717) is 11.5 Å². The fourth-order valence-corrected chi connectivity index (χ4v) is 9.45. The monoisotopic (exact) mass is 1070 g/mol. The number of pyridine rings is 1. The van der Waals surface area contributed by atoms with Gasteiger partial charge in [0.1, 0.15) is 5.82 Å². The number of hydrogen-bond acceptors (Lipinski definition) is 4. The number of aromatic nitrogens is 2. The van der Waals surface area contributed by atoms with Gasteiger partial charge in [0.15, 0.2) is 0 Å². The average molecular weight is 1070 g/mol. The second kappa shape index (κ2) is 18.2. The van der Waals surface area contributed by atoms with Gasteiger partial charge in [-0.15, -0.1) is 41.4 Å². The van der Waals surface area contributed by atoms with Gasteiger partial charge in [-0.25, -0.2) is 4.98 Å². The molecule has 5 nitrogen and oxygen atoms in total. The van der Waals surface area contributed by atoms with Gasteiger partial charge in [-0.2, -0.15) is 18.8 Å². The summed E-state index contributed by atoms with van der Waals surface area (Å²) in [4.78, 5) is 9.57. The van der Waals surface area contributed by atoms with Crippen LogP contribution in [0.3, 0.4) is 0 Å². The van der Waals surface area contributed by atoms with E-state index >= 15 is 0 Å². The third-order valence-corrected chi connectivity index (χ3v) is 13.2. The molecule has 0 saturated heterocycles. The summed E-state index contributed by atoms with van der Waals surface area (Å²) < 4.78 is 8.88. The molecule has 9 aromatic rings. The average Bonchev–Trinajstić information content (AvgIpc) is 3.85. The van der Waals surface area contributed by atoms with E-state index < -0.39 is 0 Å². The zero-order valence-corrected chi connectivity index (χ0v) is 42.9. The number of rotatable bonds is 9. The van der Waals surface area contributed by atoms with Crippen molar-refractivity contribution < 1.29 is 25.8 Å². The van der Waals surface area contributed by atoms with Crippen molar-refractivity contribution in [3.05, 3.63) is 205 Å². The fraction of sp³-hybridized carbons (Fsp3) is 0.226. The predicted molar refractivity (Wildman–Crippen MR) is 280 cm³/mol. The van der Waals surface area contributed by atoms with Crippen molar-refractivity contribution in [1.29, 1.82) is 0 Å². The van der Waals surface area contributed by atoms with Crippen LogP contribution in [0.1, 0.15) is 84.6 Å². The molecule has 2 aromatic heterocycles. The van der Waals surface area contributed by atoms with Gasteiger partial charge in [-0.05, 0) is 109 Å². The fourth-order valence-electron chi connectivity index (χ4n) is 9.45. The maximum atomic E-state index is 6.67. The molecule has 0 radical (unpaired) electrons. The number of anilines is 3. The van der Waals surface area contributed by atoms with Crippen LogP contribution in [0.4, 0.5) is 17.1 Å². The molecule has 0 bridgehead atoms. The third-order valence-electron chi connectivity index (χ3n) is 13.2. The van der Waals surface area contributed by atoms with Crippen molar-refractivity contribution in [3.8, 4) is 39.6 Å². The molecule has 68 heavy (non-hydrogen) atoms. The first kappa shape index (κ1) is 46.7. The number of benzene rings is 7. The van der Waals surface area contributed by atoms with E-state index in [-0.39, 0.29) is 37.3 Å². The van der Waals surface area contributed by atoms with E-state index in [9.17, 15) is 0 Å². The topological polar surface area (TPSA) is 33.5 Å². The Kier molecular flexibility index (Phi) is 12.5. The Morgan fingerprint density at radius 1 is 0.559 bits per heavy atom. The summed E-state index contributed by atoms with van der Waals surface area (Å²) in [5.74, 6) is 2.05. The maximum Gasteiger partial charge on any atom is 0.136 e. The van der Waals surface area contributed by atoms with Gasteiger partial charge in [-0.1, -0.05) is 165 Å². The molecule has 7 aromatic carbocycles. The number of ether oxygens (including phenoxy) is 1. The number of nitrogens with zero attached hydrogens (tertiary/aromatic N) is 4. The van der Waals surface area contributed by atoms with Crippen molar-refractivity contribution in [2.45, 2.75) is 85.0 Å². The molecule has 0 aliphatic carbocycles. The Hall–Kier alpha value is -6.42. The SMILES string of the molecule is CC(C)(C)c1ccc(CCN2[CH-]N(c3[c-]c(Oc4[c-]c5c(cc4)c4ccccc4n5-c4cc(-c5ccc(C(C)(C)C)cc5C(C)(C)C)ccn4)ccc3)c3ccccc32)c(-c2ccccc2)c1.[Pt]. The molecular weight excluding hydrogens is 1010 g/mol. The molecule has 0 unspecified atom stereocenters. The molecule has 1 aliphatic heterocycles. The van der Waals surface area contributed by atoms with Crippen LogP contribution in [0.5, 0.6) is 11.5 Å². The Bertz CT molecular complexity index is 3280. The molecule has 346 valence electrons. The van der Waals surface area contributed by atoms with Gasteiger partial charge < -0.3 is 19.1 Å². The summed E-state index contributed by atoms with van der Waals surface area (Å²) in [7, 11) is 0. The van der Waals surface area contributed by atoms with Crippen LogP contribution >= 0.6 is 0 Å². The van der Waals surface area contributed by atoms with Crippen LogP contribution in [-0.2, 0) is 43.7 Å². The molecule has 10 rings (SSSR count). The van der Waals surface area contributed by atoms with Crippen LogP contribution in [0, 0.1) is 18.8 Å². The smallest absolute Gasteiger partial charge is 0.136 e. The van der Waals surface area contributed by atoms with Gasteiger partial charge in [0, 0.05) is 55.7 Å². The summed E-state index contributed by atoms with van der Waals surface area (Å²) in [5.41, 5.74) is 15.4. The van der Waals surface area contributed by atoms with Crippen LogP contribution in [0.25, 0.3) is 49.9 Å². The van der Waals surface area contributed by atoms with Crippen molar-refractivity contribution in [1.82, 2.24) is 9.55 Å². The summed E-state index contributed by atoms with van der Waals surface area (Å²) >= 11 is 0. The molecule has 0 N–H and O–H groups in total. The Labute approximate surface area is 417 Å². The van der Waals surface area contributed by atoms with Crippen molar-refractivity contribution in [2.75, 3.05) is 16.3 Å². The standard InChI is InChI=1S/C62H59N4O.Pt/c1-60(2,3)45-27-26-43(53(37-45)42-18-11-10-12-19-42)33-35-64-41-65(57-25-16-15-24-56(57)64)47-20-17-21-48(39-47)67-49-29-31-52-51-22-13-14-23-55(51)66(58(52)40-49)59-36-44(32-34-63-59)50-30-28-46(61(4,5)6)38-54(50)62(7,8)9;/h10-32,34,36-38,41H,33,35H2,1-9H3;/q-3;. The second-order valence-electron chi connectivity index (χ2n) is 21.0. The van der Waals surface area contributed by atoms with Gasteiger partial charge >= 0.3 is 0 Å². The van der Waals surface area contributed by atoms with Crippen LogP contribution in [0.15, 0.2) is 164 Å². The maximum absolute atomic E-state index is 6.67. The third kappa shape index (κ3) is 9.14. The summed E-state index contributed by atoms with van der Waals surface area (Å²) in [5, 5.41) is 2.22. The zero-order chi connectivity index (χ0) is 46.7. The first-order chi connectivity index (χ1) is 32.1. The van der Waals surface area contributed by atoms with E-state index in [1.54, 1.807) is 0 Å². The molecule has 0 fully saturated rings. The normalized spacial score (nSPS) is 13.0. The van der Waals surface area contributed by atoms with Crippen molar-refractivity contribution >= 4 is 38.9 Å². The van der Waals surface area contributed by atoms with E-state index in [2.05, 4.69) is 235 Å². The first-order valence-electron chi connectivity index (χ1n) is 23.6. The van der Waals surface area contributed by atoms with E-state index in [1.807, 2.05) is 24.4 Å². The summed E-state index contributed by atoms with van der Waals surface area (Å²) in [6.45, 7) is 23.6.